The van der Waals surface area contributed by atoms with Gasteiger partial charge in [0.2, 0.25) is 0 Å². The summed E-state index contributed by atoms with van der Waals surface area (Å²) in [6.07, 6.45) is 1.26. The molecule has 1 fully saturated rings. The van der Waals surface area contributed by atoms with Gasteiger partial charge in [0, 0.05) is 38.9 Å². The van der Waals surface area contributed by atoms with Gasteiger partial charge in [-0.1, -0.05) is 0 Å². The number of aliphatic hydroxyl groups excluding tert-OH is 1. The summed E-state index contributed by atoms with van der Waals surface area (Å²) in [5, 5.41) is 9.22. The number of hydrogen-bond donors (Lipinski definition) is 1. The lowest BCUT2D eigenvalue weighted by atomic mass is 10.1. The van der Waals surface area contributed by atoms with E-state index in [1.165, 1.54) is 0 Å². The minimum Gasteiger partial charge on any atom is -0.394 e. The van der Waals surface area contributed by atoms with E-state index < -0.39 is 0 Å². The van der Waals surface area contributed by atoms with Crippen LogP contribution < -0.4 is 4.90 Å². The van der Waals surface area contributed by atoms with Gasteiger partial charge in [-0.15, -0.1) is 0 Å². The fourth-order valence-electron chi connectivity index (χ4n) is 2.29. The molecule has 2 rings (SSSR count). The Morgan fingerprint density at radius 2 is 2.30 bits per heavy atom. The second-order valence-corrected chi connectivity index (χ2v) is 5.26. The van der Waals surface area contributed by atoms with Crippen molar-refractivity contribution >= 4 is 11.7 Å². The second kappa shape index (κ2) is 6.19. The highest BCUT2D eigenvalue weighted by molar-refractivity contribution is 5.95. The molecule has 6 heteroatoms. The number of morpholine rings is 1. The van der Waals surface area contributed by atoms with E-state index in [4.69, 9.17) is 4.74 Å². The van der Waals surface area contributed by atoms with Gasteiger partial charge in [-0.25, -0.2) is 4.98 Å². The van der Waals surface area contributed by atoms with Crippen molar-refractivity contribution in [3.63, 3.8) is 0 Å². The summed E-state index contributed by atoms with van der Waals surface area (Å²) in [7, 11) is 3.77. The molecule has 110 valence electrons. The van der Waals surface area contributed by atoms with Gasteiger partial charge < -0.3 is 19.6 Å². The molecule has 1 N–H and O–H groups in total. The number of hydrogen-bond acceptors (Lipinski definition) is 5. The van der Waals surface area contributed by atoms with Crippen LogP contribution in [0.5, 0.6) is 0 Å². The van der Waals surface area contributed by atoms with E-state index >= 15 is 0 Å². The van der Waals surface area contributed by atoms with Crippen LogP contribution in [-0.4, -0.2) is 66.9 Å². The van der Waals surface area contributed by atoms with Crippen LogP contribution in [-0.2, 0) is 4.74 Å². The summed E-state index contributed by atoms with van der Waals surface area (Å²) < 4.78 is 5.55. The fraction of sp³-hybridized carbons (Fsp3) is 0.571. The number of carbonyl (C=O) groups excluding carboxylic acids is 1. The predicted octanol–water partition coefficient (Wildman–Crippen LogP) is 0.369. The molecule has 0 bridgehead atoms. The molecule has 1 aliphatic rings. The molecular weight excluding hydrogens is 258 g/mol. The number of aromatic nitrogens is 1. The van der Waals surface area contributed by atoms with E-state index in [1.54, 1.807) is 23.2 Å². The number of amides is 1. The number of pyridine rings is 1. The first-order chi connectivity index (χ1) is 9.51. The summed E-state index contributed by atoms with van der Waals surface area (Å²) in [6, 6.07) is 3.49. The molecule has 2 heterocycles. The van der Waals surface area contributed by atoms with Gasteiger partial charge in [-0.2, -0.15) is 0 Å². The standard InChI is InChI=1S/C14H21N3O3/c1-10-7-17(8-12(9-18)20-10)14(19)11-4-5-15-13(6-11)16(2)3/h4-6,10,12,18H,7-9H2,1-3H3. The second-order valence-electron chi connectivity index (χ2n) is 5.26. The number of rotatable bonds is 3. The quantitative estimate of drug-likeness (QED) is 0.866. The van der Waals surface area contributed by atoms with Crippen molar-refractivity contribution in [1.29, 1.82) is 0 Å². The molecule has 0 radical (unpaired) electrons. The van der Waals surface area contributed by atoms with Crippen LogP contribution in [0.1, 0.15) is 17.3 Å². The SMILES string of the molecule is CC1CN(C(=O)c2ccnc(N(C)C)c2)CC(CO)O1. The Labute approximate surface area is 119 Å². The molecule has 0 aromatic carbocycles. The summed E-state index contributed by atoms with van der Waals surface area (Å²) in [5.74, 6) is 0.694. The van der Waals surface area contributed by atoms with Crippen molar-refractivity contribution < 1.29 is 14.6 Å². The van der Waals surface area contributed by atoms with Crippen LogP contribution >= 0.6 is 0 Å². The minimum atomic E-state index is -0.308. The Balaban J connectivity index is 2.16. The zero-order valence-corrected chi connectivity index (χ0v) is 12.1. The smallest absolute Gasteiger partial charge is 0.254 e. The van der Waals surface area contributed by atoms with Gasteiger partial charge in [-0.05, 0) is 19.1 Å². The third kappa shape index (κ3) is 3.26. The lowest BCUT2D eigenvalue weighted by Gasteiger charge is -2.36. The average Bonchev–Trinajstić information content (AvgIpc) is 2.45. The van der Waals surface area contributed by atoms with Crippen LogP contribution in [0.25, 0.3) is 0 Å². The molecule has 1 aliphatic heterocycles. The summed E-state index contributed by atoms with van der Waals surface area (Å²) in [4.78, 5) is 20.3. The Morgan fingerprint density at radius 1 is 1.55 bits per heavy atom. The van der Waals surface area contributed by atoms with Gasteiger partial charge in [0.25, 0.3) is 5.91 Å². The van der Waals surface area contributed by atoms with Crippen LogP contribution in [0.4, 0.5) is 5.82 Å². The van der Waals surface area contributed by atoms with Crippen molar-refractivity contribution in [2.75, 3.05) is 38.7 Å². The summed E-state index contributed by atoms with van der Waals surface area (Å²) in [5.41, 5.74) is 0.606. The van der Waals surface area contributed by atoms with Crippen LogP contribution in [0.2, 0.25) is 0 Å². The van der Waals surface area contributed by atoms with Gasteiger partial charge in [0.15, 0.2) is 0 Å². The van der Waals surface area contributed by atoms with E-state index in [9.17, 15) is 9.90 Å². The number of ether oxygens (including phenoxy) is 1. The molecule has 1 aromatic heterocycles. The Bertz CT molecular complexity index is 478. The molecular formula is C14H21N3O3. The third-order valence-corrected chi connectivity index (χ3v) is 3.27. The average molecular weight is 279 g/mol. The molecule has 0 saturated carbocycles. The maximum absolute atomic E-state index is 12.5. The Morgan fingerprint density at radius 3 is 2.95 bits per heavy atom. The first-order valence-corrected chi connectivity index (χ1v) is 6.70. The fourth-order valence-corrected chi connectivity index (χ4v) is 2.29. The van der Waals surface area contributed by atoms with Crippen molar-refractivity contribution in [2.45, 2.75) is 19.1 Å². The molecule has 1 aromatic rings. The Kier molecular flexibility index (Phi) is 4.57. The number of aliphatic hydroxyl groups is 1. The molecule has 2 unspecified atom stereocenters. The lowest BCUT2D eigenvalue weighted by molar-refractivity contribution is -0.0858. The monoisotopic (exact) mass is 279 g/mol. The van der Waals surface area contributed by atoms with Crippen LogP contribution in [0.15, 0.2) is 18.3 Å². The van der Waals surface area contributed by atoms with Gasteiger partial charge in [0.1, 0.15) is 5.82 Å². The van der Waals surface area contributed by atoms with Crippen LogP contribution in [0.3, 0.4) is 0 Å². The van der Waals surface area contributed by atoms with E-state index in [2.05, 4.69) is 4.98 Å². The number of carbonyl (C=O) groups is 1. The Hall–Kier alpha value is -1.66. The molecule has 0 aliphatic carbocycles. The van der Waals surface area contributed by atoms with E-state index in [0.29, 0.717) is 18.7 Å². The van der Waals surface area contributed by atoms with Gasteiger partial charge in [-0.3, -0.25) is 4.79 Å². The largest absolute Gasteiger partial charge is 0.394 e. The van der Waals surface area contributed by atoms with Gasteiger partial charge >= 0.3 is 0 Å². The normalized spacial score (nSPS) is 22.7. The maximum atomic E-state index is 12.5. The molecule has 0 spiro atoms. The summed E-state index contributed by atoms with van der Waals surface area (Å²) >= 11 is 0. The molecule has 1 saturated heterocycles. The van der Waals surface area contributed by atoms with Crippen molar-refractivity contribution in [3.8, 4) is 0 Å². The molecule has 1 amide bonds. The molecule has 6 nitrogen and oxygen atoms in total. The molecule has 20 heavy (non-hydrogen) atoms. The lowest BCUT2D eigenvalue weighted by Crippen LogP contribution is -2.50. The highest BCUT2D eigenvalue weighted by atomic mass is 16.5. The highest BCUT2D eigenvalue weighted by Gasteiger charge is 2.28. The van der Waals surface area contributed by atoms with Crippen molar-refractivity contribution in [3.05, 3.63) is 23.9 Å². The zero-order valence-electron chi connectivity index (χ0n) is 12.1. The topological polar surface area (TPSA) is 65.9 Å². The molecule has 2 atom stereocenters. The number of nitrogens with zero attached hydrogens (tertiary/aromatic N) is 3. The first kappa shape index (κ1) is 14.7. The van der Waals surface area contributed by atoms with Crippen molar-refractivity contribution in [2.24, 2.45) is 0 Å². The number of anilines is 1. The van der Waals surface area contributed by atoms with E-state index in [1.807, 2.05) is 25.9 Å². The maximum Gasteiger partial charge on any atom is 0.254 e. The van der Waals surface area contributed by atoms with Crippen molar-refractivity contribution in [1.82, 2.24) is 9.88 Å². The predicted molar refractivity (Wildman–Crippen MR) is 75.9 cm³/mol. The first-order valence-electron chi connectivity index (χ1n) is 6.70. The van der Waals surface area contributed by atoms with Crippen LogP contribution in [0, 0.1) is 0 Å². The third-order valence-electron chi connectivity index (χ3n) is 3.27. The summed E-state index contributed by atoms with van der Waals surface area (Å²) in [6.45, 7) is 2.78. The zero-order chi connectivity index (χ0) is 14.7. The highest BCUT2D eigenvalue weighted by Crippen LogP contribution is 2.16. The van der Waals surface area contributed by atoms with E-state index in [0.717, 1.165) is 5.82 Å². The minimum absolute atomic E-state index is 0.0518. The van der Waals surface area contributed by atoms with Gasteiger partial charge in [0.05, 0.1) is 18.8 Å². The van der Waals surface area contributed by atoms with E-state index in [-0.39, 0.29) is 24.7 Å².